The lowest BCUT2D eigenvalue weighted by atomic mass is 9.46. The third-order valence-electron chi connectivity index (χ3n) is 15.2. The lowest BCUT2D eigenvalue weighted by molar-refractivity contribution is 0.702. The second-order valence-corrected chi connectivity index (χ2v) is 40.6. The number of halogens is 6. The summed E-state index contributed by atoms with van der Waals surface area (Å²) in [5.41, 5.74) is 28.0. The van der Waals surface area contributed by atoms with E-state index in [1.807, 2.05) is 0 Å². The van der Waals surface area contributed by atoms with Gasteiger partial charge in [0, 0.05) is 11.4 Å². The van der Waals surface area contributed by atoms with Gasteiger partial charge < -0.3 is 10.5 Å². The summed E-state index contributed by atoms with van der Waals surface area (Å²) >= 11 is 39.1. The number of hydrogen-bond donors (Lipinski definition) is 2. The van der Waals surface area contributed by atoms with Crippen molar-refractivity contribution in [3.05, 3.63) is 162 Å². The van der Waals surface area contributed by atoms with Gasteiger partial charge in [-0.05, 0) is 161 Å². The summed E-state index contributed by atoms with van der Waals surface area (Å²) in [6, 6.07) is 20.8. The topological polar surface area (TPSA) is 24.1 Å². The molecule has 6 aromatic rings. The minimum absolute atomic E-state index is 0.00273. The van der Waals surface area contributed by atoms with E-state index >= 15 is 0 Å². The monoisotopic (exact) mass is 1200 g/mol. The molecule has 2 nitrogen and oxygen atoms in total. The van der Waals surface area contributed by atoms with Gasteiger partial charge in [-0.2, -0.15) is 0 Å². The number of anilines is 2. The molecule has 0 heterocycles. The molecular weight excluding hydrogens is 1110 g/mol. The number of hydrogen-bond acceptors (Lipinski definition) is 2. The molecule has 0 aromatic heterocycles. The Hall–Kier alpha value is -2.78. The van der Waals surface area contributed by atoms with Gasteiger partial charge in [-0.1, -0.05) is 234 Å². The summed E-state index contributed by atoms with van der Waals surface area (Å²) in [4.78, 5) is 0. The van der Waals surface area contributed by atoms with Crippen LogP contribution in [0.2, 0.25) is 0 Å². The van der Waals surface area contributed by atoms with Crippen LogP contribution in [0.15, 0.2) is 72.8 Å². The Morgan fingerprint density at radius 3 is 0.654 bits per heavy atom. The standard InChI is InChI=1S/2C30H39BCl3NSi.C6H14/c2*1-17(2)26-15-25(36(32,33)34)16-27(18(3)4)30(26)35-31(28-21(7)11-19(5)12-22(28)8)29-23(9)13-20(6)14-24(29)10;1-3-5-6-4-2/h2*11-18,35H,1-10H3;3-6H2,1-2H3. The first kappa shape index (κ1) is 67.7. The van der Waals surface area contributed by atoms with Crippen molar-refractivity contribution in [2.24, 2.45) is 0 Å². The van der Waals surface area contributed by atoms with Crippen molar-refractivity contribution in [1.82, 2.24) is 0 Å². The van der Waals surface area contributed by atoms with Gasteiger partial charge in [-0.25, -0.2) is 0 Å². The van der Waals surface area contributed by atoms with Crippen molar-refractivity contribution < 1.29 is 0 Å². The Morgan fingerprint density at radius 2 is 0.513 bits per heavy atom. The van der Waals surface area contributed by atoms with E-state index in [2.05, 4.69) is 236 Å². The summed E-state index contributed by atoms with van der Waals surface area (Å²) in [7, 11) is 0. The first-order valence-electron chi connectivity index (χ1n) is 28.5. The number of aryl methyl sites for hydroxylation is 12. The molecule has 0 amide bonds. The summed E-state index contributed by atoms with van der Waals surface area (Å²) in [5, 5.41) is 9.87. The second-order valence-electron chi connectivity index (χ2n) is 23.8. The fraction of sp³-hybridized carbons (Fsp3) is 0.455. The van der Waals surface area contributed by atoms with Crippen molar-refractivity contribution in [1.29, 1.82) is 0 Å². The average Bonchev–Trinajstić information content (AvgIpc) is 3.28. The van der Waals surface area contributed by atoms with Gasteiger partial charge >= 0.3 is 25.7 Å². The molecule has 0 aliphatic heterocycles. The van der Waals surface area contributed by atoms with E-state index in [0.717, 1.165) is 21.7 Å². The fourth-order valence-electron chi connectivity index (χ4n) is 11.8. The minimum Gasteiger partial charge on any atom is -0.420 e. The van der Waals surface area contributed by atoms with Gasteiger partial charge in [-0.15, -0.1) is 66.5 Å². The molecular formula is C66H92B2Cl6N2Si2. The fourth-order valence-corrected chi connectivity index (χ4v) is 15.1. The van der Waals surface area contributed by atoms with E-state index < -0.39 is 12.0 Å². The molecule has 422 valence electrons. The summed E-state index contributed by atoms with van der Waals surface area (Å²) in [5.74, 6) is 1.08. The van der Waals surface area contributed by atoms with E-state index in [1.54, 1.807) is 0 Å². The molecule has 6 rings (SSSR count). The van der Waals surface area contributed by atoms with Gasteiger partial charge in [0.1, 0.15) is 0 Å². The molecule has 12 heteroatoms. The highest BCUT2D eigenvalue weighted by Gasteiger charge is 2.36. The minimum atomic E-state index is -3.04. The molecule has 0 unspecified atom stereocenters. The zero-order valence-corrected chi connectivity index (χ0v) is 58.0. The molecule has 0 spiro atoms. The lowest BCUT2D eigenvalue weighted by Gasteiger charge is -2.30. The maximum Gasteiger partial charge on any atom is 0.372 e. The van der Waals surface area contributed by atoms with Crippen LogP contribution in [-0.2, 0) is 0 Å². The van der Waals surface area contributed by atoms with Crippen LogP contribution >= 0.6 is 66.5 Å². The Bertz CT molecular complexity index is 2560. The number of benzene rings is 6. The van der Waals surface area contributed by atoms with Crippen LogP contribution < -0.4 is 42.7 Å². The van der Waals surface area contributed by atoms with Crippen molar-refractivity contribution in [3.8, 4) is 0 Å². The van der Waals surface area contributed by atoms with Crippen molar-refractivity contribution in [2.75, 3.05) is 10.5 Å². The highest BCUT2D eigenvalue weighted by Crippen LogP contribution is 2.37. The number of rotatable bonds is 17. The molecule has 0 aliphatic rings. The Morgan fingerprint density at radius 1 is 0.333 bits per heavy atom. The number of unbranched alkanes of at least 4 members (excludes halogenated alkanes) is 3. The third kappa shape index (κ3) is 17.4. The van der Waals surface area contributed by atoms with Crippen molar-refractivity contribution in [2.45, 2.75) is 202 Å². The van der Waals surface area contributed by atoms with Crippen LogP contribution in [-0.4, -0.2) is 25.7 Å². The Kier molecular flexibility index (Phi) is 25.1. The van der Waals surface area contributed by atoms with Gasteiger partial charge in [0.15, 0.2) is 0 Å². The van der Waals surface area contributed by atoms with Gasteiger partial charge in [0.2, 0.25) is 0 Å². The molecule has 0 radical (unpaired) electrons. The van der Waals surface area contributed by atoms with E-state index in [4.69, 9.17) is 66.5 Å². The van der Waals surface area contributed by atoms with Crippen molar-refractivity contribution in [3.63, 3.8) is 0 Å². The summed E-state index contributed by atoms with van der Waals surface area (Å²) in [6.07, 6.45) is 5.54. The van der Waals surface area contributed by atoms with E-state index in [9.17, 15) is 0 Å². The van der Waals surface area contributed by atoms with Crippen LogP contribution in [0.4, 0.5) is 11.4 Å². The predicted molar refractivity (Wildman–Crippen MR) is 365 cm³/mol. The van der Waals surface area contributed by atoms with Crippen LogP contribution in [0.5, 0.6) is 0 Å². The van der Waals surface area contributed by atoms with Crippen LogP contribution in [0, 0.1) is 83.1 Å². The zero-order chi connectivity index (χ0) is 59.0. The first-order valence-corrected chi connectivity index (χ1v) is 38.6. The molecule has 0 saturated carbocycles. The highest BCUT2D eigenvalue weighted by molar-refractivity contribution is 7.70. The molecule has 2 N–H and O–H groups in total. The lowest BCUT2D eigenvalue weighted by Crippen LogP contribution is -2.54. The van der Waals surface area contributed by atoms with Crippen LogP contribution in [0.1, 0.15) is 208 Å². The molecule has 0 fully saturated rings. The van der Waals surface area contributed by atoms with Gasteiger partial charge in [-0.3, -0.25) is 0 Å². The van der Waals surface area contributed by atoms with Gasteiger partial charge in [0.25, 0.3) is 0 Å². The molecule has 6 aromatic carbocycles. The van der Waals surface area contributed by atoms with Crippen molar-refractivity contribution >= 4 is 136 Å². The summed E-state index contributed by atoms with van der Waals surface area (Å²) < 4.78 is 0. The largest absolute Gasteiger partial charge is 0.420 e. The maximum atomic E-state index is 6.52. The quantitative estimate of drug-likeness (QED) is 0.0540. The molecule has 78 heavy (non-hydrogen) atoms. The van der Waals surface area contributed by atoms with Gasteiger partial charge in [0.05, 0.1) is 0 Å². The predicted octanol–water partition coefficient (Wildman–Crippen LogP) is 18.3. The molecule has 0 atom stereocenters. The maximum absolute atomic E-state index is 6.52. The number of nitrogens with one attached hydrogen (secondary N) is 2. The smallest absolute Gasteiger partial charge is 0.372 e. The molecule has 0 aliphatic carbocycles. The van der Waals surface area contributed by atoms with Crippen LogP contribution in [0.25, 0.3) is 0 Å². The van der Waals surface area contributed by atoms with E-state index in [-0.39, 0.29) is 37.4 Å². The molecule has 0 bridgehead atoms. The third-order valence-corrected chi connectivity index (χ3v) is 21.0. The first-order chi connectivity index (χ1) is 36.1. The Labute approximate surface area is 505 Å². The van der Waals surface area contributed by atoms with E-state index in [1.165, 1.54) is 137 Å². The SMILES string of the molecule is CCCCCC.Cc1cc(C)c(B(Nc2c(C(C)C)cc([Si](Cl)(Cl)Cl)cc2C(C)C)c2c(C)cc(C)cc2C)c(C)c1.Cc1cc(C)c(B(Nc2c(C(C)C)cc([Si](Cl)(Cl)Cl)cc2C(C)C)c2c(C)cc(C)cc2C)c(C)c1. The zero-order valence-electron chi connectivity index (χ0n) is 51.5. The molecule has 0 saturated heterocycles. The normalized spacial score (nSPS) is 11.7. The Balaban J connectivity index is 0.000000304. The van der Waals surface area contributed by atoms with E-state index in [0.29, 0.717) is 0 Å². The second kappa shape index (κ2) is 29.0. The average molecular weight is 1200 g/mol. The van der Waals surface area contributed by atoms with Crippen LogP contribution in [0.3, 0.4) is 0 Å². The summed E-state index contributed by atoms with van der Waals surface area (Å²) in [6.45, 7) is 48.7. The highest BCUT2D eigenvalue weighted by atomic mass is 35.8.